The summed E-state index contributed by atoms with van der Waals surface area (Å²) in [5.74, 6) is -1.58. The molecule has 3 amide bonds. The first-order valence-corrected chi connectivity index (χ1v) is 13.2. The number of piperidine rings is 1. The molecule has 11 heteroatoms. The molecule has 206 valence electrons. The fourth-order valence-electron chi connectivity index (χ4n) is 4.95. The van der Waals surface area contributed by atoms with Gasteiger partial charge in [0.05, 0.1) is 11.4 Å². The zero-order valence-corrected chi connectivity index (χ0v) is 21.4. The molecule has 2 aliphatic rings. The van der Waals surface area contributed by atoms with Gasteiger partial charge in [-0.25, -0.2) is 22.9 Å². The van der Waals surface area contributed by atoms with E-state index < -0.39 is 23.5 Å². The molecule has 40 heavy (non-hydrogen) atoms. The molecule has 2 fully saturated rings. The van der Waals surface area contributed by atoms with Crippen LogP contribution in [0.4, 0.5) is 35.2 Å². The number of nitrogens with one attached hydrogen (secondary N) is 4. The molecule has 1 saturated carbocycles. The van der Waals surface area contributed by atoms with Gasteiger partial charge in [0.25, 0.3) is 0 Å². The van der Waals surface area contributed by atoms with Crippen molar-refractivity contribution in [3.05, 3.63) is 72.2 Å². The van der Waals surface area contributed by atoms with Crippen molar-refractivity contribution in [2.45, 2.75) is 31.7 Å². The van der Waals surface area contributed by atoms with Gasteiger partial charge in [-0.1, -0.05) is 6.07 Å². The lowest BCUT2D eigenvalue weighted by Crippen LogP contribution is -2.44. The summed E-state index contributed by atoms with van der Waals surface area (Å²) < 4.78 is 42.3. The van der Waals surface area contributed by atoms with E-state index in [9.17, 15) is 18.4 Å². The zero-order valence-electron chi connectivity index (χ0n) is 21.4. The average molecular weight is 549 g/mol. The number of hydrogen-bond acceptors (Lipinski definition) is 4. The van der Waals surface area contributed by atoms with Gasteiger partial charge in [0.1, 0.15) is 28.9 Å². The molecule has 1 saturated heterocycles. The highest BCUT2D eigenvalue weighted by atomic mass is 19.1. The fraction of sp³-hybridized carbons (Fsp3) is 0.276. The van der Waals surface area contributed by atoms with Crippen LogP contribution in [0, 0.1) is 23.4 Å². The summed E-state index contributed by atoms with van der Waals surface area (Å²) in [6.07, 6.45) is 4.65. The lowest BCUT2D eigenvalue weighted by atomic mass is 10.0. The van der Waals surface area contributed by atoms with E-state index in [1.807, 2.05) is 12.1 Å². The molecular weight excluding hydrogens is 521 g/mol. The maximum atomic E-state index is 15.3. The number of aromatic nitrogens is 2. The second kappa shape index (κ2) is 10.6. The van der Waals surface area contributed by atoms with Crippen LogP contribution in [0.1, 0.15) is 25.7 Å². The molecule has 0 unspecified atom stereocenters. The number of hydrogen-bond donors (Lipinski definition) is 4. The van der Waals surface area contributed by atoms with Gasteiger partial charge in [0.2, 0.25) is 5.91 Å². The van der Waals surface area contributed by atoms with Gasteiger partial charge in [-0.2, -0.15) is 0 Å². The van der Waals surface area contributed by atoms with Crippen LogP contribution in [-0.2, 0) is 4.79 Å². The van der Waals surface area contributed by atoms with Gasteiger partial charge >= 0.3 is 6.03 Å². The van der Waals surface area contributed by atoms with Crippen LogP contribution in [0.2, 0.25) is 0 Å². The molecule has 3 heterocycles. The van der Waals surface area contributed by atoms with E-state index in [0.717, 1.165) is 29.9 Å². The molecule has 0 atom stereocenters. The molecule has 0 radical (unpaired) electrons. The van der Waals surface area contributed by atoms with Crippen molar-refractivity contribution in [1.82, 2.24) is 14.9 Å². The predicted molar refractivity (Wildman–Crippen MR) is 146 cm³/mol. The molecule has 2 aromatic heterocycles. The second-order valence-corrected chi connectivity index (χ2v) is 10.2. The Bertz CT molecular complexity index is 1590. The van der Waals surface area contributed by atoms with Crippen LogP contribution in [0.3, 0.4) is 0 Å². The first-order valence-electron chi connectivity index (χ1n) is 13.2. The van der Waals surface area contributed by atoms with E-state index in [0.29, 0.717) is 54.7 Å². The van der Waals surface area contributed by atoms with Crippen LogP contribution in [0.5, 0.6) is 0 Å². The number of rotatable bonds is 6. The molecule has 1 aliphatic carbocycles. The largest absolute Gasteiger partial charge is 0.380 e. The Labute approximate surface area is 228 Å². The Morgan fingerprint density at radius 2 is 1.62 bits per heavy atom. The Balaban J connectivity index is 1.10. The number of benzene rings is 2. The van der Waals surface area contributed by atoms with Crippen LogP contribution in [-0.4, -0.2) is 45.9 Å². The van der Waals surface area contributed by atoms with E-state index in [1.54, 1.807) is 23.2 Å². The minimum atomic E-state index is -0.841. The molecule has 8 nitrogen and oxygen atoms in total. The normalized spacial score (nSPS) is 15.7. The predicted octanol–water partition coefficient (Wildman–Crippen LogP) is 6.10. The first kappa shape index (κ1) is 25.7. The maximum absolute atomic E-state index is 15.3. The summed E-state index contributed by atoms with van der Waals surface area (Å²) in [7, 11) is 0. The van der Waals surface area contributed by atoms with Gasteiger partial charge in [-0.15, -0.1) is 0 Å². The summed E-state index contributed by atoms with van der Waals surface area (Å²) in [6, 6.07) is 11.0. The Hall–Kier alpha value is -4.54. The number of carbonyl (C=O) groups excluding carboxylic acids is 2. The van der Waals surface area contributed by atoms with E-state index in [-0.39, 0.29) is 23.6 Å². The first-order chi connectivity index (χ1) is 19.3. The van der Waals surface area contributed by atoms with E-state index in [1.165, 1.54) is 12.1 Å². The van der Waals surface area contributed by atoms with Crippen molar-refractivity contribution in [3.63, 3.8) is 0 Å². The lowest BCUT2D eigenvalue weighted by Gasteiger charge is -2.33. The van der Waals surface area contributed by atoms with Crippen LogP contribution < -0.4 is 16.0 Å². The number of nitrogens with zero attached hydrogens (tertiary/aromatic N) is 2. The third-order valence-corrected chi connectivity index (χ3v) is 7.32. The number of anilines is 3. The summed E-state index contributed by atoms with van der Waals surface area (Å²) in [4.78, 5) is 33.9. The number of carbonyl (C=O) groups is 2. The molecular formula is C29H27F3N6O2. The highest BCUT2D eigenvalue weighted by Gasteiger charge is 2.30. The highest BCUT2D eigenvalue weighted by molar-refractivity contribution is 5.99. The molecule has 4 aromatic rings. The molecule has 2 aromatic carbocycles. The van der Waals surface area contributed by atoms with Crippen molar-refractivity contribution in [3.8, 4) is 11.1 Å². The number of pyridine rings is 1. The van der Waals surface area contributed by atoms with Crippen molar-refractivity contribution in [2.75, 3.05) is 29.0 Å². The van der Waals surface area contributed by atoms with Crippen molar-refractivity contribution in [1.29, 1.82) is 0 Å². The number of halogens is 3. The van der Waals surface area contributed by atoms with Gasteiger partial charge < -0.3 is 25.8 Å². The number of fused-ring (bicyclic) bond motifs is 1. The average Bonchev–Trinajstić information content (AvgIpc) is 3.69. The summed E-state index contributed by atoms with van der Waals surface area (Å²) in [5, 5.41) is 9.38. The van der Waals surface area contributed by atoms with Gasteiger partial charge in [0, 0.05) is 42.7 Å². The number of aromatic amines is 1. The Kier molecular flexibility index (Phi) is 6.79. The lowest BCUT2D eigenvalue weighted by molar-refractivity contribution is -0.117. The quantitative estimate of drug-likeness (QED) is 0.234. The van der Waals surface area contributed by atoms with Gasteiger partial charge in [-0.05, 0) is 73.2 Å². The SMILES string of the molecule is O=C(Nc1cc(-c2ccc(NC3CCN(C(=O)Nc4ccc(F)cc4F)CC3)c(F)c2)c2cc[nH]c2n1)C1CC1. The number of urea groups is 1. The van der Waals surface area contributed by atoms with Crippen molar-refractivity contribution in [2.24, 2.45) is 5.92 Å². The van der Waals surface area contributed by atoms with Crippen LogP contribution >= 0.6 is 0 Å². The molecule has 0 bridgehead atoms. The third kappa shape index (κ3) is 5.45. The van der Waals surface area contributed by atoms with E-state index in [2.05, 4.69) is 25.9 Å². The Morgan fingerprint density at radius 3 is 2.35 bits per heavy atom. The smallest absolute Gasteiger partial charge is 0.321 e. The molecule has 0 spiro atoms. The highest BCUT2D eigenvalue weighted by Crippen LogP contribution is 2.34. The zero-order chi connectivity index (χ0) is 27.8. The molecule has 4 N–H and O–H groups in total. The standard InChI is InChI=1S/C29H27F3N6O2/c30-18-4-6-25(23(32)14-18)35-29(40)38-11-8-19(9-12-38)34-24-5-3-17(13-22(24)31)21-15-26(37-28(39)16-1-2-16)36-27-20(21)7-10-33-27/h3-7,10,13-16,19,34H,1-2,8-9,11-12H2,(H,35,40)(H2,33,36,37,39). The van der Waals surface area contributed by atoms with E-state index >= 15 is 4.39 Å². The number of H-pyrrole nitrogens is 1. The topological polar surface area (TPSA) is 102 Å². The summed E-state index contributed by atoms with van der Waals surface area (Å²) >= 11 is 0. The summed E-state index contributed by atoms with van der Waals surface area (Å²) in [6.45, 7) is 0.785. The minimum absolute atomic E-state index is 0.0337. The van der Waals surface area contributed by atoms with Crippen molar-refractivity contribution < 1.29 is 22.8 Å². The second-order valence-electron chi connectivity index (χ2n) is 10.2. The van der Waals surface area contributed by atoms with Crippen molar-refractivity contribution >= 4 is 40.2 Å². The number of likely N-dealkylation sites (tertiary alicyclic amines) is 1. The van der Waals surface area contributed by atoms with Gasteiger partial charge in [0.15, 0.2) is 0 Å². The molecule has 1 aliphatic heterocycles. The minimum Gasteiger partial charge on any atom is -0.380 e. The maximum Gasteiger partial charge on any atom is 0.321 e. The number of amides is 3. The van der Waals surface area contributed by atoms with Crippen LogP contribution in [0.15, 0.2) is 54.7 Å². The van der Waals surface area contributed by atoms with Gasteiger partial charge in [-0.3, -0.25) is 4.79 Å². The fourth-order valence-corrected chi connectivity index (χ4v) is 4.95. The van der Waals surface area contributed by atoms with Crippen LogP contribution in [0.25, 0.3) is 22.2 Å². The monoisotopic (exact) mass is 548 g/mol. The van der Waals surface area contributed by atoms with E-state index in [4.69, 9.17) is 0 Å². The summed E-state index contributed by atoms with van der Waals surface area (Å²) in [5.41, 5.74) is 2.26. The third-order valence-electron chi connectivity index (χ3n) is 7.32. The molecule has 6 rings (SSSR count). The Morgan fingerprint density at radius 1 is 0.875 bits per heavy atom.